The Balaban J connectivity index is 2.51. The molecule has 0 aliphatic rings. The summed E-state index contributed by atoms with van der Waals surface area (Å²) in [4.78, 5) is 3.72. The lowest BCUT2D eigenvalue weighted by molar-refractivity contribution is 0.300. The first-order valence-corrected chi connectivity index (χ1v) is 6.48. The highest BCUT2D eigenvalue weighted by atomic mass is 79.9. The first-order chi connectivity index (χ1) is 6.27. The lowest BCUT2D eigenvalue weighted by Crippen LogP contribution is -2.24. The molecule has 1 aromatic rings. The molecule has 0 radical (unpaired) electrons. The molecule has 0 aliphatic heterocycles. The van der Waals surface area contributed by atoms with E-state index in [2.05, 4.69) is 39.2 Å². The van der Waals surface area contributed by atoms with E-state index in [1.54, 1.807) is 11.3 Å². The van der Waals surface area contributed by atoms with Gasteiger partial charge in [-0.1, -0.05) is 6.92 Å². The lowest BCUT2D eigenvalue weighted by atomic mass is 10.4. The first-order valence-electron chi connectivity index (χ1n) is 4.28. The van der Waals surface area contributed by atoms with Gasteiger partial charge in [-0.25, -0.2) is 0 Å². The molecule has 1 heterocycles. The Morgan fingerprint density at radius 3 is 2.85 bits per heavy atom. The summed E-state index contributed by atoms with van der Waals surface area (Å²) in [5.74, 6) is 0.705. The van der Waals surface area contributed by atoms with Gasteiger partial charge in [0.15, 0.2) is 0 Å². The fourth-order valence-electron chi connectivity index (χ4n) is 1.11. The lowest BCUT2D eigenvalue weighted by Gasteiger charge is -2.18. The largest absolute Gasteiger partial charge is 0.297 e. The summed E-state index contributed by atoms with van der Waals surface area (Å²) in [5, 5.41) is 2.11. The molecule has 0 aromatic carbocycles. The van der Waals surface area contributed by atoms with Crippen LogP contribution < -0.4 is 0 Å². The first kappa shape index (κ1) is 11.5. The summed E-state index contributed by atoms with van der Waals surface area (Å²) in [6.45, 7) is 5.18. The van der Waals surface area contributed by atoms with E-state index in [0.29, 0.717) is 5.88 Å². The molecule has 0 aliphatic carbocycles. The molecule has 13 heavy (non-hydrogen) atoms. The maximum absolute atomic E-state index is 5.71. The van der Waals surface area contributed by atoms with Gasteiger partial charge in [-0.15, -0.1) is 22.9 Å². The number of hydrogen-bond acceptors (Lipinski definition) is 2. The van der Waals surface area contributed by atoms with Gasteiger partial charge in [-0.2, -0.15) is 0 Å². The Bertz CT molecular complexity index is 252. The molecule has 4 heteroatoms. The van der Waals surface area contributed by atoms with Crippen LogP contribution >= 0.6 is 38.9 Å². The maximum atomic E-state index is 5.71. The van der Waals surface area contributed by atoms with Crippen LogP contribution in [-0.2, 0) is 6.54 Å². The van der Waals surface area contributed by atoms with Crippen molar-refractivity contribution in [2.45, 2.75) is 13.5 Å². The molecule has 74 valence electrons. The Hall–Kier alpha value is 0.430. The molecule has 0 spiro atoms. The third-order valence-corrected chi connectivity index (χ3v) is 3.99. The third kappa shape index (κ3) is 3.58. The number of thiophene rings is 1. The van der Waals surface area contributed by atoms with Crippen LogP contribution in [0, 0.1) is 0 Å². The molecule has 1 aromatic heterocycles. The zero-order chi connectivity index (χ0) is 9.68. The molecular weight excluding hydrogens is 270 g/mol. The van der Waals surface area contributed by atoms with Gasteiger partial charge in [0.2, 0.25) is 0 Å². The molecule has 0 N–H and O–H groups in total. The summed E-state index contributed by atoms with van der Waals surface area (Å²) in [6.07, 6.45) is 0. The highest BCUT2D eigenvalue weighted by Crippen LogP contribution is 2.23. The smallest absolute Gasteiger partial charge is 0.0351 e. The van der Waals surface area contributed by atoms with Crippen molar-refractivity contribution in [3.05, 3.63) is 20.8 Å². The number of rotatable bonds is 5. The summed E-state index contributed by atoms with van der Waals surface area (Å²) in [6, 6.07) is 2.09. The van der Waals surface area contributed by atoms with Crippen LogP contribution in [-0.4, -0.2) is 23.9 Å². The minimum Gasteiger partial charge on any atom is -0.297 e. The summed E-state index contributed by atoms with van der Waals surface area (Å²) >= 11 is 11.0. The number of alkyl halides is 1. The van der Waals surface area contributed by atoms with Crippen molar-refractivity contribution >= 4 is 38.9 Å². The molecule has 0 unspecified atom stereocenters. The standard InChI is InChI=1S/C9H13BrClNS/c1-2-12(5-4-11)7-9-8(10)3-6-13-9/h3,6H,2,4-5,7H2,1H3. The molecule has 1 rings (SSSR count). The number of nitrogens with zero attached hydrogens (tertiary/aromatic N) is 1. The zero-order valence-corrected chi connectivity index (χ0v) is 10.8. The van der Waals surface area contributed by atoms with Gasteiger partial charge < -0.3 is 0 Å². The molecule has 0 saturated carbocycles. The Labute approximate surface area is 96.8 Å². The van der Waals surface area contributed by atoms with Crippen LogP contribution in [0.1, 0.15) is 11.8 Å². The van der Waals surface area contributed by atoms with Gasteiger partial charge in [0, 0.05) is 28.3 Å². The highest BCUT2D eigenvalue weighted by Gasteiger charge is 2.06. The van der Waals surface area contributed by atoms with Gasteiger partial charge in [-0.3, -0.25) is 4.90 Å². The quantitative estimate of drug-likeness (QED) is 0.746. The fourth-order valence-corrected chi connectivity index (χ4v) is 2.87. The average Bonchev–Trinajstić information content (AvgIpc) is 2.51. The van der Waals surface area contributed by atoms with E-state index in [1.165, 1.54) is 9.35 Å². The molecule has 1 nitrogen and oxygen atoms in total. The van der Waals surface area contributed by atoms with E-state index >= 15 is 0 Å². The fraction of sp³-hybridized carbons (Fsp3) is 0.556. The summed E-state index contributed by atoms with van der Waals surface area (Å²) in [7, 11) is 0. The topological polar surface area (TPSA) is 3.24 Å². The number of hydrogen-bond donors (Lipinski definition) is 0. The minimum atomic E-state index is 0.705. The maximum Gasteiger partial charge on any atom is 0.0351 e. The Kier molecular flexibility index (Phi) is 5.32. The van der Waals surface area contributed by atoms with Crippen LogP contribution in [0.3, 0.4) is 0 Å². The van der Waals surface area contributed by atoms with Crippen LogP contribution in [0.2, 0.25) is 0 Å². The van der Waals surface area contributed by atoms with Crippen molar-refractivity contribution in [2.24, 2.45) is 0 Å². The molecule has 0 amide bonds. The van der Waals surface area contributed by atoms with Crippen molar-refractivity contribution in [1.29, 1.82) is 0 Å². The van der Waals surface area contributed by atoms with E-state index in [4.69, 9.17) is 11.6 Å². The normalized spacial score (nSPS) is 11.1. The number of halogens is 2. The molecule has 0 saturated heterocycles. The second-order valence-corrected chi connectivity index (χ2v) is 4.98. The average molecular weight is 283 g/mol. The van der Waals surface area contributed by atoms with Gasteiger partial charge >= 0.3 is 0 Å². The van der Waals surface area contributed by atoms with E-state index in [1.807, 2.05) is 0 Å². The van der Waals surface area contributed by atoms with E-state index < -0.39 is 0 Å². The van der Waals surface area contributed by atoms with Crippen molar-refractivity contribution in [2.75, 3.05) is 19.0 Å². The van der Waals surface area contributed by atoms with Crippen molar-refractivity contribution in [3.8, 4) is 0 Å². The molecular formula is C9H13BrClNS. The van der Waals surface area contributed by atoms with Crippen molar-refractivity contribution in [3.63, 3.8) is 0 Å². The predicted molar refractivity (Wildman–Crippen MR) is 63.7 cm³/mol. The monoisotopic (exact) mass is 281 g/mol. The zero-order valence-electron chi connectivity index (χ0n) is 7.59. The van der Waals surface area contributed by atoms with E-state index in [0.717, 1.165) is 19.6 Å². The van der Waals surface area contributed by atoms with Crippen LogP contribution in [0.5, 0.6) is 0 Å². The van der Waals surface area contributed by atoms with E-state index in [-0.39, 0.29) is 0 Å². The second-order valence-electron chi connectivity index (χ2n) is 2.75. The Morgan fingerprint density at radius 1 is 1.62 bits per heavy atom. The van der Waals surface area contributed by atoms with Gasteiger partial charge in [0.1, 0.15) is 0 Å². The summed E-state index contributed by atoms with van der Waals surface area (Å²) in [5.41, 5.74) is 0. The van der Waals surface area contributed by atoms with Crippen molar-refractivity contribution < 1.29 is 0 Å². The van der Waals surface area contributed by atoms with Gasteiger partial charge in [0.05, 0.1) is 0 Å². The van der Waals surface area contributed by atoms with Crippen LogP contribution in [0.4, 0.5) is 0 Å². The Morgan fingerprint density at radius 2 is 2.38 bits per heavy atom. The molecule has 0 bridgehead atoms. The second kappa shape index (κ2) is 6.02. The van der Waals surface area contributed by atoms with Gasteiger partial charge in [0.25, 0.3) is 0 Å². The van der Waals surface area contributed by atoms with Gasteiger partial charge in [-0.05, 0) is 33.9 Å². The minimum absolute atomic E-state index is 0.705. The molecule has 0 fully saturated rings. The SMILES string of the molecule is CCN(CCCl)Cc1sccc1Br. The van der Waals surface area contributed by atoms with Crippen LogP contribution in [0.25, 0.3) is 0 Å². The summed E-state index contributed by atoms with van der Waals surface area (Å²) < 4.78 is 1.21. The third-order valence-electron chi connectivity index (χ3n) is 1.91. The molecule has 0 atom stereocenters. The highest BCUT2D eigenvalue weighted by molar-refractivity contribution is 9.10. The van der Waals surface area contributed by atoms with E-state index in [9.17, 15) is 0 Å². The van der Waals surface area contributed by atoms with Crippen LogP contribution in [0.15, 0.2) is 15.9 Å². The van der Waals surface area contributed by atoms with Crippen molar-refractivity contribution in [1.82, 2.24) is 4.90 Å². The predicted octanol–water partition coefficient (Wildman–Crippen LogP) is 3.57.